The van der Waals surface area contributed by atoms with E-state index in [0.29, 0.717) is 0 Å². The standard InChI is InChI=1S/C8H18IN/c1-4-8(5-2)10(3)7-6-9/h8H,4-7H2,1-3H3. The van der Waals surface area contributed by atoms with Crippen molar-refractivity contribution < 1.29 is 0 Å². The second kappa shape index (κ2) is 6.40. The van der Waals surface area contributed by atoms with Crippen molar-refractivity contribution in [1.82, 2.24) is 4.90 Å². The molecule has 0 aromatic heterocycles. The number of alkyl halides is 1. The molecule has 10 heavy (non-hydrogen) atoms. The van der Waals surface area contributed by atoms with Gasteiger partial charge in [-0.3, -0.25) is 0 Å². The molecule has 0 bridgehead atoms. The van der Waals surface area contributed by atoms with Crippen molar-refractivity contribution in [2.45, 2.75) is 32.7 Å². The molecule has 0 saturated heterocycles. The summed E-state index contributed by atoms with van der Waals surface area (Å²) in [7, 11) is 2.22. The van der Waals surface area contributed by atoms with Gasteiger partial charge in [0.25, 0.3) is 0 Å². The first-order chi connectivity index (χ1) is 4.76. The molecule has 0 atom stereocenters. The van der Waals surface area contributed by atoms with Gasteiger partial charge in [0.15, 0.2) is 0 Å². The topological polar surface area (TPSA) is 3.24 Å². The first-order valence-electron chi connectivity index (χ1n) is 4.02. The highest BCUT2D eigenvalue weighted by atomic mass is 127. The molecule has 0 heterocycles. The Bertz CT molecular complexity index is 71.7. The third kappa shape index (κ3) is 3.76. The maximum absolute atomic E-state index is 2.45. The van der Waals surface area contributed by atoms with Crippen LogP contribution in [0.4, 0.5) is 0 Å². The minimum atomic E-state index is 0.801. The molecule has 0 saturated carbocycles. The molecule has 1 nitrogen and oxygen atoms in total. The molecule has 0 aromatic carbocycles. The number of rotatable bonds is 5. The Morgan fingerprint density at radius 3 is 2.10 bits per heavy atom. The molecule has 0 spiro atoms. The lowest BCUT2D eigenvalue weighted by Gasteiger charge is -2.24. The molecular formula is C8H18IN. The van der Waals surface area contributed by atoms with Crippen molar-refractivity contribution in [1.29, 1.82) is 0 Å². The zero-order chi connectivity index (χ0) is 7.98. The van der Waals surface area contributed by atoms with Gasteiger partial charge in [-0.2, -0.15) is 0 Å². The Morgan fingerprint density at radius 1 is 1.30 bits per heavy atom. The molecule has 0 radical (unpaired) electrons. The fourth-order valence-electron chi connectivity index (χ4n) is 1.23. The van der Waals surface area contributed by atoms with Gasteiger partial charge in [-0.15, -0.1) is 0 Å². The lowest BCUT2D eigenvalue weighted by Crippen LogP contribution is -2.31. The molecular weight excluding hydrogens is 237 g/mol. The van der Waals surface area contributed by atoms with E-state index in [2.05, 4.69) is 48.4 Å². The summed E-state index contributed by atoms with van der Waals surface area (Å²) < 4.78 is 1.24. The molecule has 0 unspecified atom stereocenters. The normalized spacial score (nSPS) is 11.4. The minimum absolute atomic E-state index is 0.801. The van der Waals surface area contributed by atoms with E-state index in [1.165, 1.54) is 23.8 Å². The van der Waals surface area contributed by atoms with Crippen LogP contribution in [-0.2, 0) is 0 Å². The maximum Gasteiger partial charge on any atom is 0.0123 e. The Balaban J connectivity index is 3.53. The van der Waals surface area contributed by atoms with Crippen molar-refractivity contribution in [2.24, 2.45) is 0 Å². The number of halogens is 1. The van der Waals surface area contributed by atoms with Crippen LogP contribution in [0, 0.1) is 0 Å². The highest BCUT2D eigenvalue weighted by Crippen LogP contribution is 2.05. The summed E-state index contributed by atoms with van der Waals surface area (Å²) in [5, 5.41) is 0. The monoisotopic (exact) mass is 255 g/mol. The molecule has 0 aliphatic heterocycles. The van der Waals surface area contributed by atoms with E-state index in [4.69, 9.17) is 0 Å². The van der Waals surface area contributed by atoms with Crippen molar-refractivity contribution in [2.75, 3.05) is 18.0 Å². The molecule has 62 valence electrons. The lowest BCUT2D eigenvalue weighted by atomic mass is 10.1. The Kier molecular flexibility index (Phi) is 6.85. The molecule has 0 rings (SSSR count). The zero-order valence-electron chi connectivity index (χ0n) is 7.23. The van der Waals surface area contributed by atoms with E-state index in [1.807, 2.05) is 0 Å². The average Bonchev–Trinajstić information content (AvgIpc) is 1.91. The van der Waals surface area contributed by atoms with Crippen LogP contribution in [0.2, 0.25) is 0 Å². The fourth-order valence-corrected chi connectivity index (χ4v) is 1.99. The third-order valence-electron chi connectivity index (χ3n) is 2.00. The van der Waals surface area contributed by atoms with Crippen LogP contribution < -0.4 is 0 Å². The first-order valence-corrected chi connectivity index (χ1v) is 5.55. The van der Waals surface area contributed by atoms with Crippen LogP contribution in [0.5, 0.6) is 0 Å². The molecule has 0 N–H and O–H groups in total. The summed E-state index contributed by atoms with van der Waals surface area (Å²) in [6, 6.07) is 0.801. The molecule has 2 heteroatoms. The summed E-state index contributed by atoms with van der Waals surface area (Å²) in [6.45, 7) is 5.75. The van der Waals surface area contributed by atoms with Crippen LogP contribution in [0.3, 0.4) is 0 Å². The van der Waals surface area contributed by atoms with Gasteiger partial charge >= 0.3 is 0 Å². The Labute approximate surface area is 78.3 Å². The molecule has 0 aromatic rings. The Morgan fingerprint density at radius 2 is 1.80 bits per heavy atom. The van der Waals surface area contributed by atoms with Crippen LogP contribution in [0.25, 0.3) is 0 Å². The van der Waals surface area contributed by atoms with E-state index in [9.17, 15) is 0 Å². The van der Waals surface area contributed by atoms with Gasteiger partial charge < -0.3 is 4.90 Å². The highest BCUT2D eigenvalue weighted by Gasteiger charge is 2.07. The SMILES string of the molecule is CCC(CC)N(C)CCI. The van der Waals surface area contributed by atoms with Gasteiger partial charge in [0.2, 0.25) is 0 Å². The summed E-state index contributed by atoms with van der Waals surface area (Å²) >= 11 is 2.43. The lowest BCUT2D eigenvalue weighted by molar-refractivity contribution is 0.244. The molecule has 0 aliphatic carbocycles. The van der Waals surface area contributed by atoms with E-state index in [0.717, 1.165) is 6.04 Å². The van der Waals surface area contributed by atoms with Gasteiger partial charge in [0.1, 0.15) is 0 Å². The average molecular weight is 255 g/mol. The van der Waals surface area contributed by atoms with Crippen LogP contribution in [0.1, 0.15) is 26.7 Å². The maximum atomic E-state index is 2.45. The zero-order valence-corrected chi connectivity index (χ0v) is 9.39. The molecule has 0 fully saturated rings. The fraction of sp³-hybridized carbons (Fsp3) is 1.00. The van der Waals surface area contributed by atoms with Crippen LogP contribution in [0.15, 0.2) is 0 Å². The highest BCUT2D eigenvalue weighted by molar-refractivity contribution is 14.1. The first kappa shape index (κ1) is 10.7. The van der Waals surface area contributed by atoms with E-state index in [1.54, 1.807) is 0 Å². The summed E-state index contributed by atoms with van der Waals surface area (Å²) in [4.78, 5) is 2.45. The molecule has 0 aliphatic rings. The summed E-state index contributed by atoms with van der Waals surface area (Å²) in [5.74, 6) is 0. The van der Waals surface area contributed by atoms with Crippen molar-refractivity contribution in [3.05, 3.63) is 0 Å². The smallest absolute Gasteiger partial charge is 0.0123 e. The number of hydrogen-bond donors (Lipinski definition) is 0. The van der Waals surface area contributed by atoms with Gasteiger partial charge in [-0.25, -0.2) is 0 Å². The predicted octanol–water partition coefficient (Wildman–Crippen LogP) is 2.54. The Hall–Kier alpha value is 0.690. The molecule has 0 amide bonds. The van der Waals surface area contributed by atoms with E-state index < -0.39 is 0 Å². The van der Waals surface area contributed by atoms with Crippen molar-refractivity contribution >= 4 is 22.6 Å². The largest absolute Gasteiger partial charge is 0.303 e. The second-order valence-corrected chi connectivity index (χ2v) is 3.72. The van der Waals surface area contributed by atoms with E-state index >= 15 is 0 Å². The third-order valence-corrected chi connectivity index (χ3v) is 2.49. The minimum Gasteiger partial charge on any atom is -0.303 e. The second-order valence-electron chi connectivity index (χ2n) is 2.64. The predicted molar refractivity (Wildman–Crippen MR) is 55.9 cm³/mol. The van der Waals surface area contributed by atoms with Gasteiger partial charge in [0, 0.05) is 17.0 Å². The number of hydrogen-bond acceptors (Lipinski definition) is 1. The number of nitrogens with zero attached hydrogens (tertiary/aromatic N) is 1. The van der Waals surface area contributed by atoms with Crippen molar-refractivity contribution in [3.8, 4) is 0 Å². The van der Waals surface area contributed by atoms with E-state index in [-0.39, 0.29) is 0 Å². The van der Waals surface area contributed by atoms with Gasteiger partial charge in [0.05, 0.1) is 0 Å². The van der Waals surface area contributed by atoms with Gasteiger partial charge in [-0.05, 0) is 19.9 Å². The van der Waals surface area contributed by atoms with Crippen LogP contribution in [-0.4, -0.2) is 29.0 Å². The van der Waals surface area contributed by atoms with Crippen LogP contribution >= 0.6 is 22.6 Å². The van der Waals surface area contributed by atoms with Gasteiger partial charge in [-0.1, -0.05) is 36.4 Å². The summed E-state index contributed by atoms with van der Waals surface area (Å²) in [6.07, 6.45) is 2.56. The quantitative estimate of drug-likeness (QED) is 0.539. The summed E-state index contributed by atoms with van der Waals surface area (Å²) in [5.41, 5.74) is 0. The van der Waals surface area contributed by atoms with Crippen molar-refractivity contribution in [3.63, 3.8) is 0 Å².